The van der Waals surface area contributed by atoms with E-state index in [0.29, 0.717) is 5.78 Å². The fourth-order valence-electron chi connectivity index (χ4n) is 2.39. The molecule has 1 aromatic carbocycles. The summed E-state index contributed by atoms with van der Waals surface area (Å²) in [7, 11) is 0. The molecule has 2 aromatic rings. The van der Waals surface area contributed by atoms with E-state index in [1.54, 1.807) is 11.3 Å². The molecule has 0 N–H and O–H groups in total. The Bertz CT molecular complexity index is 566. The third kappa shape index (κ3) is 2.36. The van der Waals surface area contributed by atoms with Gasteiger partial charge in [0.05, 0.1) is 15.2 Å². The van der Waals surface area contributed by atoms with Crippen LogP contribution in [-0.2, 0) is 11.2 Å². The number of ketones is 1. The van der Waals surface area contributed by atoms with E-state index in [9.17, 15) is 4.79 Å². The molecule has 0 bridgehead atoms. The Hall–Kier alpha value is -1.48. The summed E-state index contributed by atoms with van der Waals surface area (Å²) in [6, 6.07) is 8.19. The second-order valence-electron chi connectivity index (χ2n) is 4.67. The van der Waals surface area contributed by atoms with Crippen molar-refractivity contribution in [2.45, 2.75) is 25.7 Å². The molecule has 0 saturated heterocycles. The summed E-state index contributed by atoms with van der Waals surface area (Å²) >= 11 is 1.73. The minimum Gasteiger partial charge on any atom is -0.299 e. The van der Waals surface area contributed by atoms with E-state index < -0.39 is 0 Å². The van der Waals surface area contributed by atoms with E-state index in [0.717, 1.165) is 36.2 Å². The molecule has 0 amide bonds. The summed E-state index contributed by atoms with van der Waals surface area (Å²) in [5, 5.41) is 1.12. The fourth-order valence-corrected chi connectivity index (χ4v) is 3.33. The molecule has 1 atom stereocenters. The Morgan fingerprint density at radius 1 is 1.39 bits per heavy atom. The van der Waals surface area contributed by atoms with Gasteiger partial charge in [0.25, 0.3) is 0 Å². The number of carbonyl (C=O) groups is 1. The molecule has 1 unspecified atom stereocenters. The molecule has 1 saturated carbocycles. The van der Waals surface area contributed by atoms with E-state index in [4.69, 9.17) is 0 Å². The molecule has 0 aliphatic heterocycles. The Balaban J connectivity index is 1.69. The predicted octanol–water partition coefficient (Wildman–Crippen LogP) is 3.76. The number of carbonyl (C=O) groups excluding carboxylic acids is 1. The quantitative estimate of drug-likeness (QED) is 0.784. The number of hydrogen-bond acceptors (Lipinski definition) is 3. The number of aromatic nitrogens is 1. The molecule has 3 heteroatoms. The summed E-state index contributed by atoms with van der Waals surface area (Å²) in [4.78, 5) is 16.1. The number of Topliss-reactive ketones (excluding diaryl/α,β-unsaturated/α-hetero) is 1. The van der Waals surface area contributed by atoms with Crippen molar-refractivity contribution in [3.8, 4) is 0 Å². The Morgan fingerprint density at radius 2 is 2.28 bits per heavy atom. The maximum Gasteiger partial charge on any atom is 0.139 e. The number of benzene rings is 1. The number of nitrogens with zero attached hydrogens (tertiary/aromatic N) is 1. The summed E-state index contributed by atoms with van der Waals surface area (Å²) in [5.74, 6) is 0.565. The van der Waals surface area contributed by atoms with Crippen LogP contribution in [0.5, 0.6) is 0 Å². The van der Waals surface area contributed by atoms with Crippen LogP contribution in [0.25, 0.3) is 10.2 Å². The van der Waals surface area contributed by atoms with Crippen LogP contribution in [0.15, 0.2) is 36.4 Å². The fraction of sp³-hybridized carbons (Fsp3) is 0.333. The van der Waals surface area contributed by atoms with Crippen LogP contribution >= 0.6 is 11.3 Å². The van der Waals surface area contributed by atoms with Crippen molar-refractivity contribution in [3.05, 3.63) is 41.4 Å². The molecule has 92 valence electrons. The van der Waals surface area contributed by atoms with Gasteiger partial charge >= 0.3 is 0 Å². The molecule has 1 aromatic heterocycles. The summed E-state index contributed by atoms with van der Waals surface area (Å²) in [6.45, 7) is 0. The van der Waals surface area contributed by atoms with Crippen molar-refractivity contribution in [3.63, 3.8) is 0 Å². The number of allylic oxidation sites excluding steroid dienone is 2. The highest BCUT2D eigenvalue weighted by molar-refractivity contribution is 7.18. The number of fused-ring (bicyclic) bond motifs is 1. The van der Waals surface area contributed by atoms with Gasteiger partial charge in [-0.05, 0) is 25.0 Å². The van der Waals surface area contributed by atoms with E-state index >= 15 is 0 Å². The van der Waals surface area contributed by atoms with E-state index in [1.165, 1.54) is 4.70 Å². The number of rotatable bonds is 3. The highest BCUT2D eigenvalue weighted by atomic mass is 32.1. The maximum atomic E-state index is 11.5. The summed E-state index contributed by atoms with van der Waals surface area (Å²) in [6.07, 6.45) is 7.84. The van der Waals surface area contributed by atoms with Gasteiger partial charge in [-0.2, -0.15) is 0 Å². The Morgan fingerprint density at radius 3 is 3.06 bits per heavy atom. The lowest BCUT2D eigenvalue weighted by Crippen LogP contribution is -2.01. The first kappa shape index (κ1) is 11.6. The maximum absolute atomic E-state index is 11.5. The lowest BCUT2D eigenvalue weighted by molar-refractivity contribution is -0.119. The lowest BCUT2D eigenvalue weighted by atomic mass is 10.1. The van der Waals surface area contributed by atoms with E-state index in [-0.39, 0.29) is 5.92 Å². The number of para-hydroxylation sites is 1. The van der Waals surface area contributed by atoms with Gasteiger partial charge < -0.3 is 0 Å². The van der Waals surface area contributed by atoms with Crippen molar-refractivity contribution in [1.82, 2.24) is 4.98 Å². The van der Waals surface area contributed by atoms with Crippen LogP contribution in [0.4, 0.5) is 0 Å². The third-order valence-electron chi connectivity index (χ3n) is 3.35. The van der Waals surface area contributed by atoms with Crippen molar-refractivity contribution >= 4 is 27.3 Å². The SMILES string of the molecule is O=C1CCCC1/C=C/Cc1nc2ccccc2s1. The first-order chi connectivity index (χ1) is 8.83. The zero-order valence-corrected chi connectivity index (χ0v) is 11.0. The predicted molar refractivity (Wildman–Crippen MR) is 74.8 cm³/mol. The number of hydrogen-bond donors (Lipinski definition) is 0. The normalized spacial score (nSPS) is 20.2. The standard InChI is InChI=1S/C15H15NOS/c17-13-8-3-5-11(13)6-4-10-15-16-12-7-1-2-9-14(12)18-15/h1-2,4,6-7,9,11H,3,5,8,10H2/b6-4+. The Kier molecular flexibility index (Phi) is 3.24. The Labute approximate surface area is 110 Å². The van der Waals surface area contributed by atoms with Gasteiger partial charge in [-0.3, -0.25) is 4.79 Å². The van der Waals surface area contributed by atoms with Crippen molar-refractivity contribution in [2.24, 2.45) is 5.92 Å². The van der Waals surface area contributed by atoms with Crippen LogP contribution < -0.4 is 0 Å². The highest BCUT2D eigenvalue weighted by Gasteiger charge is 2.21. The molecule has 0 radical (unpaired) electrons. The summed E-state index contributed by atoms with van der Waals surface area (Å²) in [5.41, 5.74) is 1.07. The molecular formula is C15H15NOS. The first-order valence-corrected chi connectivity index (χ1v) is 7.18. The van der Waals surface area contributed by atoms with Crippen molar-refractivity contribution < 1.29 is 4.79 Å². The van der Waals surface area contributed by atoms with Crippen molar-refractivity contribution in [2.75, 3.05) is 0 Å². The van der Waals surface area contributed by atoms with Gasteiger partial charge in [0.15, 0.2) is 0 Å². The molecule has 2 nitrogen and oxygen atoms in total. The average molecular weight is 257 g/mol. The van der Waals surface area contributed by atoms with Crippen LogP contribution in [-0.4, -0.2) is 10.8 Å². The van der Waals surface area contributed by atoms with Gasteiger partial charge in [-0.25, -0.2) is 4.98 Å². The molecule has 1 fully saturated rings. The smallest absolute Gasteiger partial charge is 0.139 e. The molecule has 0 spiro atoms. The molecule has 1 aliphatic rings. The molecule has 3 rings (SSSR count). The monoisotopic (exact) mass is 257 g/mol. The summed E-state index contributed by atoms with van der Waals surface area (Å²) < 4.78 is 1.23. The average Bonchev–Trinajstić information content (AvgIpc) is 2.96. The topological polar surface area (TPSA) is 30.0 Å². The zero-order chi connectivity index (χ0) is 12.4. The largest absolute Gasteiger partial charge is 0.299 e. The van der Waals surface area contributed by atoms with E-state index in [2.05, 4.69) is 23.2 Å². The van der Waals surface area contributed by atoms with Crippen molar-refractivity contribution in [1.29, 1.82) is 0 Å². The second-order valence-corrected chi connectivity index (χ2v) is 5.79. The first-order valence-electron chi connectivity index (χ1n) is 6.37. The van der Waals surface area contributed by atoms with Crippen LogP contribution in [0, 0.1) is 5.92 Å². The third-order valence-corrected chi connectivity index (χ3v) is 4.41. The number of thiazole rings is 1. The molecule has 18 heavy (non-hydrogen) atoms. The van der Waals surface area contributed by atoms with Gasteiger partial charge in [-0.15, -0.1) is 11.3 Å². The minimum atomic E-state index is 0.166. The van der Waals surface area contributed by atoms with Crippen LogP contribution in [0.3, 0.4) is 0 Å². The van der Waals surface area contributed by atoms with Gasteiger partial charge in [0, 0.05) is 18.8 Å². The molecule has 1 aliphatic carbocycles. The minimum absolute atomic E-state index is 0.166. The van der Waals surface area contributed by atoms with Gasteiger partial charge in [-0.1, -0.05) is 24.3 Å². The zero-order valence-electron chi connectivity index (χ0n) is 10.1. The van der Waals surface area contributed by atoms with Gasteiger partial charge in [0.1, 0.15) is 5.78 Å². The molecular weight excluding hydrogens is 242 g/mol. The lowest BCUT2D eigenvalue weighted by Gasteiger charge is -1.97. The molecule has 1 heterocycles. The second kappa shape index (κ2) is 5.02. The highest BCUT2D eigenvalue weighted by Crippen LogP contribution is 2.24. The van der Waals surface area contributed by atoms with Crippen LogP contribution in [0.2, 0.25) is 0 Å². The van der Waals surface area contributed by atoms with Crippen LogP contribution in [0.1, 0.15) is 24.3 Å². The van der Waals surface area contributed by atoms with Gasteiger partial charge in [0.2, 0.25) is 0 Å². The van der Waals surface area contributed by atoms with E-state index in [1.807, 2.05) is 18.2 Å².